The number of carbonyl (C=O) groups excluding carboxylic acids is 3. The molecule has 1 aliphatic rings. The van der Waals surface area contributed by atoms with E-state index in [2.05, 4.69) is 20.3 Å². The average Bonchev–Trinajstić information content (AvgIpc) is 3.21. The Bertz CT molecular complexity index is 785. The number of aromatic nitrogens is 1. The topological polar surface area (TPSA) is 105 Å². The monoisotopic (exact) mass is 328 g/mol. The van der Waals surface area contributed by atoms with Crippen molar-refractivity contribution in [3.05, 3.63) is 36.1 Å². The highest BCUT2D eigenvalue weighted by Gasteiger charge is 2.23. The Kier molecular flexibility index (Phi) is 4.28. The molecule has 0 aliphatic carbocycles. The summed E-state index contributed by atoms with van der Waals surface area (Å²) in [6.07, 6.45) is 2.62. The van der Waals surface area contributed by atoms with Crippen molar-refractivity contribution in [3.8, 4) is 0 Å². The van der Waals surface area contributed by atoms with E-state index in [1.165, 1.54) is 12.3 Å². The number of carbonyl (C=O) groups is 3. The summed E-state index contributed by atoms with van der Waals surface area (Å²) < 4.78 is 4.58. The lowest BCUT2D eigenvalue weighted by molar-refractivity contribution is -0.133. The lowest BCUT2D eigenvalue weighted by Gasteiger charge is -2.19. The van der Waals surface area contributed by atoms with Gasteiger partial charge in [-0.2, -0.15) is 0 Å². The number of anilines is 3. The highest BCUT2D eigenvalue weighted by Crippen LogP contribution is 2.28. The minimum atomic E-state index is -0.858. The first-order valence-electron chi connectivity index (χ1n) is 7.48. The number of aryl methyl sites for hydroxylation is 1. The van der Waals surface area contributed by atoms with Crippen molar-refractivity contribution in [2.24, 2.45) is 0 Å². The molecule has 0 atom stereocenters. The van der Waals surface area contributed by atoms with Gasteiger partial charge in [0, 0.05) is 30.4 Å². The molecule has 3 amide bonds. The predicted octanol–water partition coefficient (Wildman–Crippen LogP) is 1.69. The van der Waals surface area contributed by atoms with Crippen molar-refractivity contribution in [2.75, 3.05) is 22.1 Å². The van der Waals surface area contributed by atoms with Crippen LogP contribution in [0, 0.1) is 6.92 Å². The zero-order valence-electron chi connectivity index (χ0n) is 13.0. The number of hydrogen-bond donors (Lipinski definition) is 2. The average molecular weight is 328 g/mol. The molecule has 1 fully saturated rings. The normalized spacial score (nSPS) is 13.9. The lowest BCUT2D eigenvalue weighted by atomic mass is 10.1. The summed E-state index contributed by atoms with van der Waals surface area (Å²) in [6, 6.07) is 6.60. The van der Waals surface area contributed by atoms with E-state index in [-0.39, 0.29) is 11.7 Å². The van der Waals surface area contributed by atoms with Crippen molar-refractivity contribution < 1.29 is 18.9 Å². The smallest absolute Gasteiger partial charge is 0.315 e. The summed E-state index contributed by atoms with van der Waals surface area (Å²) in [5, 5.41) is 8.32. The Labute approximate surface area is 137 Å². The second kappa shape index (κ2) is 6.53. The zero-order valence-corrected chi connectivity index (χ0v) is 13.0. The molecule has 0 spiro atoms. The summed E-state index contributed by atoms with van der Waals surface area (Å²) >= 11 is 0. The lowest BCUT2D eigenvalue weighted by Crippen LogP contribution is -2.29. The van der Waals surface area contributed by atoms with Crippen LogP contribution in [-0.4, -0.2) is 29.4 Å². The minimum Gasteiger partial charge on any atom is -0.363 e. The molecule has 8 heteroatoms. The van der Waals surface area contributed by atoms with Crippen LogP contribution in [0.15, 0.2) is 35.1 Å². The number of nitrogens with zero attached hydrogens (tertiary/aromatic N) is 2. The Morgan fingerprint density at radius 1 is 1.21 bits per heavy atom. The quantitative estimate of drug-likeness (QED) is 0.834. The zero-order chi connectivity index (χ0) is 17.1. The summed E-state index contributed by atoms with van der Waals surface area (Å²) in [6.45, 7) is 2.55. The van der Waals surface area contributed by atoms with Gasteiger partial charge in [0.05, 0.1) is 0 Å². The van der Waals surface area contributed by atoms with E-state index in [4.69, 9.17) is 0 Å². The first-order valence-corrected chi connectivity index (χ1v) is 7.48. The third kappa shape index (κ3) is 3.27. The van der Waals surface area contributed by atoms with Gasteiger partial charge in [-0.25, -0.2) is 0 Å². The maximum atomic E-state index is 12.0. The van der Waals surface area contributed by atoms with Gasteiger partial charge in [-0.05, 0) is 31.0 Å². The molecule has 0 unspecified atom stereocenters. The molecule has 0 radical (unpaired) electrons. The number of nitrogens with one attached hydrogen (secondary N) is 2. The number of amides is 3. The van der Waals surface area contributed by atoms with E-state index < -0.39 is 11.8 Å². The second-order valence-electron chi connectivity index (χ2n) is 5.44. The molecule has 2 heterocycles. The SMILES string of the molecule is Cc1ccc(NC(=O)C(=O)Nc2ccon2)cc1N1CCCC1=O. The summed E-state index contributed by atoms with van der Waals surface area (Å²) in [7, 11) is 0. The van der Waals surface area contributed by atoms with Crippen LogP contribution in [0.4, 0.5) is 17.2 Å². The van der Waals surface area contributed by atoms with Crippen molar-refractivity contribution >= 4 is 34.9 Å². The maximum Gasteiger partial charge on any atom is 0.315 e. The van der Waals surface area contributed by atoms with Gasteiger partial charge < -0.3 is 14.7 Å². The summed E-state index contributed by atoms with van der Waals surface area (Å²) in [4.78, 5) is 37.4. The van der Waals surface area contributed by atoms with E-state index in [1.54, 1.807) is 23.1 Å². The minimum absolute atomic E-state index is 0.0605. The molecule has 3 rings (SSSR count). The highest BCUT2D eigenvalue weighted by atomic mass is 16.5. The maximum absolute atomic E-state index is 12.0. The van der Waals surface area contributed by atoms with Crippen LogP contribution in [-0.2, 0) is 14.4 Å². The first-order chi connectivity index (χ1) is 11.5. The Morgan fingerprint density at radius 2 is 2.00 bits per heavy atom. The highest BCUT2D eigenvalue weighted by molar-refractivity contribution is 6.43. The molecule has 1 aliphatic heterocycles. The van der Waals surface area contributed by atoms with Crippen LogP contribution in [0.3, 0.4) is 0 Å². The van der Waals surface area contributed by atoms with E-state index in [0.29, 0.717) is 18.7 Å². The molecule has 2 N–H and O–H groups in total. The Morgan fingerprint density at radius 3 is 2.67 bits per heavy atom. The van der Waals surface area contributed by atoms with E-state index >= 15 is 0 Å². The van der Waals surface area contributed by atoms with Crippen molar-refractivity contribution in [3.63, 3.8) is 0 Å². The van der Waals surface area contributed by atoms with Crippen molar-refractivity contribution in [1.82, 2.24) is 5.16 Å². The van der Waals surface area contributed by atoms with Gasteiger partial charge in [-0.15, -0.1) is 0 Å². The molecular weight excluding hydrogens is 312 g/mol. The molecule has 1 saturated heterocycles. The van der Waals surface area contributed by atoms with E-state index in [9.17, 15) is 14.4 Å². The number of rotatable bonds is 3. The Balaban J connectivity index is 1.72. The molecule has 8 nitrogen and oxygen atoms in total. The molecule has 0 saturated carbocycles. The molecule has 1 aromatic heterocycles. The van der Waals surface area contributed by atoms with Crippen LogP contribution in [0.5, 0.6) is 0 Å². The van der Waals surface area contributed by atoms with Crippen LogP contribution in [0.1, 0.15) is 18.4 Å². The van der Waals surface area contributed by atoms with Crippen LogP contribution >= 0.6 is 0 Å². The van der Waals surface area contributed by atoms with Gasteiger partial charge in [-0.1, -0.05) is 11.2 Å². The molecular formula is C16H16N4O4. The fraction of sp³-hybridized carbons (Fsp3) is 0.250. The molecule has 124 valence electrons. The van der Waals surface area contributed by atoms with Gasteiger partial charge in [0.2, 0.25) is 5.91 Å². The van der Waals surface area contributed by atoms with Crippen LogP contribution < -0.4 is 15.5 Å². The third-order valence-electron chi connectivity index (χ3n) is 3.72. The van der Waals surface area contributed by atoms with Gasteiger partial charge in [-0.3, -0.25) is 19.7 Å². The fourth-order valence-corrected chi connectivity index (χ4v) is 2.52. The largest absolute Gasteiger partial charge is 0.363 e. The second-order valence-corrected chi connectivity index (χ2v) is 5.44. The van der Waals surface area contributed by atoms with Crippen molar-refractivity contribution in [1.29, 1.82) is 0 Å². The molecule has 0 bridgehead atoms. The van der Waals surface area contributed by atoms with Gasteiger partial charge in [0.1, 0.15) is 6.26 Å². The summed E-state index contributed by atoms with van der Waals surface area (Å²) in [5.41, 5.74) is 2.11. The standard InChI is InChI=1S/C16H16N4O4/c1-10-4-5-11(9-12(10)20-7-2-3-14(20)21)17-15(22)16(23)18-13-6-8-24-19-13/h4-6,8-9H,2-3,7H2,1H3,(H,17,22)(H,18,19,23). The molecule has 1 aromatic carbocycles. The van der Waals surface area contributed by atoms with Gasteiger partial charge in [0.15, 0.2) is 5.82 Å². The van der Waals surface area contributed by atoms with Gasteiger partial charge >= 0.3 is 11.8 Å². The molecule has 2 aromatic rings. The van der Waals surface area contributed by atoms with Crippen LogP contribution in [0.25, 0.3) is 0 Å². The van der Waals surface area contributed by atoms with Gasteiger partial charge in [0.25, 0.3) is 0 Å². The van der Waals surface area contributed by atoms with E-state index in [1.807, 2.05) is 6.92 Å². The third-order valence-corrected chi connectivity index (χ3v) is 3.72. The first kappa shape index (κ1) is 15.7. The summed E-state index contributed by atoms with van der Waals surface area (Å²) in [5.74, 6) is -1.48. The fourth-order valence-electron chi connectivity index (χ4n) is 2.52. The predicted molar refractivity (Wildman–Crippen MR) is 86.5 cm³/mol. The Hall–Kier alpha value is -3.16. The number of benzene rings is 1. The number of hydrogen-bond acceptors (Lipinski definition) is 5. The van der Waals surface area contributed by atoms with Crippen LogP contribution in [0.2, 0.25) is 0 Å². The molecule has 24 heavy (non-hydrogen) atoms. The van der Waals surface area contributed by atoms with E-state index in [0.717, 1.165) is 17.7 Å². The van der Waals surface area contributed by atoms with Crippen molar-refractivity contribution in [2.45, 2.75) is 19.8 Å².